The molecule has 4 atom stereocenters. The van der Waals surface area contributed by atoms with Gasteiger partial charge in [0.25, 0.3) is 0 Å². The first kappa shape index (κ1) is 19.0. The van der Waals surface area contributed by atoms with E-state index in [1.54, 1.807) is 0 Å². The van der Waals surface area contributed by atoms with Gasteiger partial charge in [-0.3, -0.25) is 19.3 Å². The van der Waals surface area contributed by atoms with Gasteiger partial charge in [0.15, 0.2) is 0 Å². The highest BCUT2D eigenvalue weighted by Gasteiger charge is 2.60. The SMILES string of the molecule is CC(C)Oc1cccc(CNC(=O)CCN2C(=O)[C@H]3[C@H]4CC[C@@H](C4)[C@@H]3C2=O)c1. The Morgan fingerprint density at radius 2 is 1.86 bits per heavy atom. The van der Waals surface area contributed by atoms with Gasteiger partial charge in [0, 0.05) is 19.5 Å². The maximum atomic E-state index is 12.7. The number of nitrogens with zero attached hydrogens (tertiary/aromatic N) is 1. The number of imide groups is 1. The average Bonchev–Trinajstić information content (AvgIpc) is 3.33. The van der Waals surface area contributed by atoms with E-state index >= 15 is 0 Å². The molecule has 1 heterocycles. The lowest BCUT2D eigenvalue weighted by molar-refractivity contribution is -0.141. The summed E-state index contributed by atoms with van der Waals surface area (Å²) >= 11 is 0. The van der Waals surface area contributed by atoms with E-state index in [4.69, 9.17) is 4.74 Å². The normalized spacial score (nSPS) is 28.2. The number of hydrogen-bond donors (Lipinski definition) is 1. The van der Waals surface area contributed by atoms with Crippen LogP contribution in [0.3, 0.4) is 0 Å². The van der Waals surface area contributed by atoms with Crippen molar-refractivity contribution in [1.29, 1.82) is 0 Å². The molecule has 3 amide bonds. The molecule has 3 aliphatic rings. The minimum atomic E-state index is -0.157. The zero-order chi connectivity index (χ0) is 19.8. The van der Waals surface area contributed by atoms with Crippen molar-refractivity contribution in [2.75, 3.05) is 6.54 Å². The Hall–Kier alpha value is -2.37. The number of hydrogen-bond acceptors (Lipinski definition) is 4. The minimum Gasteiger partial charge on any atom is -0.491 e. The van der Waals surface area contributed by atoms with Gasteiger partial charge in [-0.05, 0) is 62.6 Å². The van der Waals surface area contributed by atoms with Crippen molar-refractivity contribution in [2.45, 2.75) is 52.2 Å². The number of carbonyl (C=O) groups is 3. The summed E-state index contributed by atoms with van der Waals surface area (Å²) in [7, 11) is 0. The highest BCUT2D eigenvalue weighted by molar-refractivity contribution is 6.06. The second-order valence-electron chi connectivity index (χ2n) is 8.55. The fourth-order valence-corrected chi connectivity index (χ4v) is 5.19. The predicted molar refractivity (Wildman–Crippen MR) is 103 cm³/mol. The number of nitrogens with one attached hydrogen (secondary N) is 1. The van der Waals surface area contributed by atoms with E-state index < -0.39 is 0 Å². The molecule has 1 saturated heterocycles. The molecule has 1 aromatic carbocycles. The van der Waals surface area contributed by atoms with Gasteiger partial charge >= 0.3 is 0 Å². The number of fused-ring (bicyclic) bond motifs is 5. The molecule has 6 heteroatoms. The molecular weight excluding hydrogens is 356 g/mol. The summed E-state index contributed by atoms with van der Waals surface area (Å²) in [6, 6.07) is 7.62. The zero-order valence-electron chi connectivity index (χ0n) is 16.5. The third-order valence-electron chi connectivity index (χ3n) is 6.34. The fraction of sp³-hybridized carbons (Fsp3) is 0.591. The van der Waals surface area contributed by atoms with Crippen LogP contribution in [0, 0.1) is 23.7 Å². The van der Waals surface area contributed by atoms with Crippen LogP contribution in [0.25, 0.3) is 0 Å². The third-order valence-corrected chi connectivity index (χ3v) is 6.34. The van der Waals surface area contributed by atoms with Crippen molar-refractivity contribution >= 4 is 17.7 Å². The van der Waals surface area contributed by atoms with Crippen molar-refractivity contribution in [2.24, 2.45) is 23.7 Å². The third kappa shape index (κ3) is 3.52. The molecule has 1 aliphatic heterocycles. The first-order valence-corrected chi connectivity index (χ1v) is 10.3. The minimum absolute atomic E-state index is 0.0477. The van der Waals surface area contributed by atoms with Gasteiger partial charge in [-0.1, -0.05) is 12.1 Å². The van der Waals surface area contributed by atoms with Gasteiger partial charge in [0.1, 0.15) is 5.75 Å². The molecule has 0 spiro atoms. The van der Waals surface area contributed by atoms with Crippen molar-refractivity contribution < 1.29 is 19.1 Å². The van der Waals surface area contributed by atoms with E-state index in [2.05, 4.69) is 5.32 Å². The Kier molecular flexibility index (Phi) is 5.13. The first-order chi connectivity index (χ1) is 13.4. The Labute approximate surface area is 165 Å². The van der Waals surface area contributed by atoms with Crippen molar-refractivity contribution in [3.8, 4) is 5.75 Å². The van der Waals surface area contributed by atoms with E-state index in [0.29, 0.717) is 18.4 Å². The summed E-state index contributed by atoms with van der Waals surface area (Å²) in [6.45, 7) is 4.52. The van der Waals surface area contributed by atoms with Crippen LogP contribution in [-0.4, -0.2) is 35.3 Å². The van der Waals surface area contributed by atoms with Gasteiger partial charge in [-0.15, -0.1) is 0 Å². The molecule has 28 heavy (non-hydrogen) atoms. The summed E-state index contributed by atoms with van der Waals surface area (Å²) in [6.07, 6.45) is 3.40. The van der Waals surface area contributed by atoms with Crippen LogP contribution in [0.1, 0.15) is 45.1 Å². The van der Waals surface area contributed by atoms with Gasteiger partial charge in [0.05, 0.1) is 17.9 Å². The molecule has 1 aromatic rings. The number of ether oxygens (including phenoxy) is 1. The van der Waals surface area contributed by atoms with E-state index in [1.807, 2.05) is 38.1 Å². The Morgan fingerprint density at radius 1 is 1.18 bits per heavy atom. The standard InChI is InChI=1S/C22H28N2O4/c1-13(2)28-17-5-3-4-14(10-17)12-23-18(25)8-9-24-21(26)19-15-6-7-16(11-15)20(19)22(24)27/h3-5,10,13,15-16,19-20H,6-9,11-12H2,1-2H3,(H,23,25)/t15-,16-,19-,20-/m0/s1. The summed E-state index contributed by atoms with van der Waals surface area (Å²) in [5, 5.41) is 2.87. The molecule has 2 bridgehead atoms. The number of rotatable bonds is 7. The molecule has 4 rings (SSSR count). The molecule has 150 valence electrons. The molecule has 2 aliphatic carbocycles. The van der Waals surface area contributed by atoms with Crippen LogP contribution in [-0.2, 0) is 20.9 Å². The lowest BCUT2D eigenvalue weighted by Crippen LogP contribution is -2.36. The van der Waals surface area contributed by atoms with Crippen LogP contribution < -0.4 is 10.1 Å². The molecule has 0 aromatic heterocycles. The lowest BCUT2D eigenvalue weighted by Gasteiger charge is -2.19. The highest BCUT2D eigenvalue weighted by Crippen LogP contribution is 2.56. The van der Waals surface area contributed by atoms with Crippen LogP contribution in [0.5, 0.6) is 5.75 Å². The second kappa shape index (κ2) is 7.57. The van der Waals surface area contributed by atoms with Crippen molar-refractivity contribution in [1.82, 2.24) is 10.2 Å². The number of benzene rings is 1. The quantitative estimate of drug-likeness (QED) is 0.733. The molecule has 0 unspecified atom stereocenters. The van der Waals surface area contributed by atoms with E-state index in [-0.39, 0.29) is 48.6 Å². The molecular formula is C22H28N2O4. The molecule has 0 radical (unpaired) electrons. The summed E-state index contributed by atoms with van der Waals surface area (Å²) in [5.41, 5.74) is 0.950. The van der Waals surface area contributed by atoms with Crippen LogP contribution in [0.4, 0.5) is 0 Å². The fourth-order valence-electron chi connectivity index (χ4n) is 5.19. The monoisotopic (exact) mass is 384 g/mol. The number of likely N-dealkylation sites (tertiary alicyclic amines) is 1. The maximum Gasteiger partial charge on any atom is 0.233 e. The van der Waals surface area contributed by atoms with E-state index in [0.717, 1.165) is 30.6 Å². The molecule has 3 fully saturated rings. The lowest BCUT2D eigenvalue weighted by atomic mass is 9.81. The maximum absolute atomic E-state index is 12.7. The van der Waals surface area contributed by atoms with Crippen LogP contribution in [0.2, 0.25) is 0 Å². The van der Waals surface area contributed by atoms with Gasteiger partial charge in [0.2, 0.25) is 17.7 Å². The summed E-state index contributed by atoms with van der Waals surface area (Å²) in [4.78, 5) is 38.9. The average molecular weight is 384 g/mol. The van der Waals surface area contributed by atoms with E-state index in [1.165, 1.54) is 4.90 Å². The summed E-state index contributed by atoms with van der Waals surface area (Å²) < 4.78 is 5.66. The smallest absolute Gasteiger partial charge is 0.233 e. The largest absolute Gasteiger partial charge is 0.491 e. The Balaban J connectivity index is 1.27. The van der Waals surface area contributed by atoms with Gasteiger partial charge < -0.3 is 10.1 Å². The number of amides is 3. The topological polar surface area (TPSA) is 75.7 Å². The highest BCUT2D eigenvalue weighted by atomic mass is 16.5. The van der Waals surface area contributed by atoms with Crippen LogP contribution >= 0.6 is 0 Å². The predicted octanol–water partition coefficient (Wildman–Crippen LogP) is 2.51. The Bertz CT molecular complexity index is 762. The number of carbonyl (C=O) groups excluding carboxylic acids is 3. The molecule has 1 N–H and O–H groups in total. The Morgan fingerprint density at radius 3 is 2.50 bits per heavy atom. The first-order valence-electron chi connectivity index (χ1n) is 10.3. The van der Waals surface area contributed by atoms with Crippen LogP contribution in [0.15, 0.2) is 24.3 Å². The zero-order valence-corrected chi connectivity index (χ0v) is 16.5. The molecule has 6 nitrogen and oxygen atoms in total. The van der Waals surface area contributed by atoms with Crippen molar-refractivity contribution in [3.63, 3.8) is 0 Å². The summed E-state index contributed by atoms with van der Waals surface area (Å²) in [5.74, 6) is 1.06. The van der Waals surface area contributed by atoms with Gasteiger partial charge in [-0.2, -0.15) is 0 Å². The molecule has 2 saturated carbocycles. The van der Waals surface area contributed by atoms with Crippen molar-refractivity contribution in [3.05, 3.63) is 29.8 Å². The second-order valence-corrected chi connectivity index (χ2v) is 8.55. The van der Waals surface area contributed by atoms with E-state index in [9.17, 15) is 14.4 Å². The van der Waals surface area contributed by atoms with Gasteiger partial charge in [-0.25, -0.2) is 0 Å².